The van der Waals surface area contributed by atoms with Crippen LogP contribution in [0.5, 0.6) is 0 Å². The zero-order valence-electron chi connectivity index (χ0n) is 17.1. The maximum Gasteiger partial charge on any atom is 0.147 e. The number of aromatic amines is 1. The first kappa shape index (κ1) is 20.1. The van der Waals surface area contributed by atoms with Crippen LogP contribution in [0.1, 0.15) is 25.5 Å². The zero-order valence-corrected chi connectivity index (χ0v) is 18.6. The van der Waals surface area contributed by atoms with E-state index in [1.54, 1.807) is 0 Å². The minimum Gasteiger partial charge on any atom is -0.376 e. The van der Waals surface area contributed by atoms with Crippen LogP contribution in [0.3, 0.4) is 0 Å². The van der Waals surface area contributed by atoms with Crippen molar-refractivity contribution >= 4 is 40.1 Å². The van der Waals surface area contributed by atoms with Crippen LogP contribution in [0.4, 0.5) is 5.82 Å². The summed E-state index contributed by atoms with van der Waals surface area (Å²) in [6, 6.07) is 4.06. The number of rotatable bonds is 3. The number of halogens is 1. The number of fused-ring (bicyclic) bond motifs is 1. The van der Waals surface area contributed by atoms with Gasteiger partial charge in [-0.2, -0.15) is 5.10 Å². The molecule has 2 fully saturated rings. The molecule has 2 aliphatic rings. The fourth-order valence-corrected chi connectivity index (χ4v) is 5.75. The molecule has 2 aromatic heterocycles. The highest BCUT2D eigenvalue weighted by molar-refractivity contribution is 7.99. The molecule has 0 radical (unpaired) electrons. The minimum absolute atomic E-state index is 0.111. The molecule has 3 aromatic rings. The van der Waals surface area contributed by atoms with E-state index in [4.69, 9.17) is 22.1 Å². The van der Waals surface area contributed by atoms with E-state index in [0.717, 1.165) is 64.9 Å². The normalized spacial score (nSPS) is 23.5. The fraction of sp³-hybridized carbons (Fsp3) is 0.476. The average molecular weight is 445 g/mol. The Labute approximate surface area is 184 Å². The quantitative estimate of drug-likeness (QED) is 0.634. The molecule has 1 aromatic carbocycles. The molecule has 1 spiro atoms. The van der Waals surface area contributed by atoms with Gasteiger partial charge in [0.15, 0.2) is 0 Å². The molecule has 0 unspecified atom stereocenters. The van der Waals surface area contributed by atoms with E-state index in [1.807, 2.05) is 31.5 Å². The lowest BCUT2D eigenvalue weighted by molar-refractivity contribution is 0.0974. The number of benzene rings is 1. The molecule has 0 saturated carbocycles. The Morgan fingerprint density at radius 3 is 2.73 bits per heavy atom. The van der Waals surface area contributed by atoms with Gasteiger partial charge in [0.1, 0.15) is 10.8 Å². The van der Waals surface area contributed by atoms with Gasteiger partial charge in [-0.3, -0.25) is 5.10 Å². The Morgan fingerprint density at radius 2 is 2.07 bits per heavy atom. The van der Waals surface area contributed by atoms with Crippen molar-refractivity contribution in [2.24, 2.45) is 11.1 Å². The zero-order chi connectivity index (χ0) is 20.9. The Kier molecular flexibility index (Phi) is 5.13. The number of nitrogens with two attached hydrogens (primary N) is 1. The Hall–Kier alpha value is -1.87. The van der Waals surface area contributed by atoms with Crippen molar-refractivity contribution in [2.45, 2.75) is 48.8 Å². The van der Waals surface area contributed by atoms with E-state index in [0.29, 0.717) is 5.02 Å². The van der Waals surface area contributed by atoms with E-state index in [1.165, 1.54) is 11.8 Å². The number of ether oxygens (including phenoxy) is 1. The Bertz CT molecular complexity index is 1060. The number of aromatic nitrogens is 4. The number of nitrogens with one attached hydrogen (secondary N) is 1. The van der Waals surface area contributed by atoms with Crippen LogP contribution in [0.25, 0.3) is 10.9 Å². The Balaban J connectivity index is 1.28. The molecule has 4 heterocycles. The van der Waals surface area contributed by atoms with Gasteiger partial charge in [-0.05, 0) is 38.8 Å². The van der Waals surface area contributed by atoms with Crippen LogP contribution in [-0.2, 0) is 4.74 Å². The van der Waals surface area contributed by atoms with Crippen molar-refractivity contribution in [3.8, 4) is 0 Å². The number of hydrogen-bond acceptors (Lipinski definition) is 7. The molecule has 3 N–H and O–H groups in total. The van der Waals surface area contributed by atoms with Crippen LogP contribution >= 0.6 is 23.4 Å². The lowest BCUT2D eigenvalue weighted by Gasteiger charge is -2.41. The molecule has 30 heavy (non-hydrogen) atoms. The van der Waals surface area contributed by atoms with Gasteiger partial charge < -0.3 is 15.4 Å². The molecule has 0 amide bonds. The summed E-state index contributed by atoms with van der Waals surface area (Å²) in [5, 5.41) is 9.71. The molecule has 2 saturated heterocycles. The second kappa shape index (κ2) is 7.67. The third-order valence-electron chi connectivity index (χ3n) is 6.56. The predicted octanol–water partition coefficient (Wildman–Crippen LogP) is 3.80. The number of aryl methyl sites for hydroxylation is 1. The van der Waals surface area contributed by atoms with Gasteiger partial charge in [0, 0.05) is 40.5 Å². The third-order valence-corrected chi connectivity index (χ3v) is 8.05. The molecule has 0 aliphatic carbocycles. The molecule has 0 bridgehead atoms. The van der Waals surface area contributed by atoms with Crippen LogP contribution in [0.15, 0.2) is 34.4 Å². The van der Waals surface area contributed by atoms with Crippen molar-refractivity contribution in [3.05, 3.63) is 35.2 Å². The van der Waals surface area contributed by atoms with Gasteiger partial charge in [-0.1, -0.05) is 23.4 Å². The largest absolute Gasteiger partial charge is 0.376 e. The van der Waals surface area contributed by atoms with Crippen LogP contribution < -0.4 is 10.6 Å². The molecular formula is C21H25ClN6OS. The number of nitrogens with zero attached hydrogens (tertiary/aromatic N) is 4. The lowest BCUT2D eigenvalue weighted by atomic mass is 9.73. The predicted molar refractivity (Wildman–Crippen MR) is 119 cm³/mol. The summed E-state index contributed by atoms with van der Waals surface area (Å²) >= 11 is 8.13. The van der Waals surface area contributed by atoms with Crippen molar-refractivity contribution in [2.75, 3.05) is 24.6 Å². The van der Waals surface area contributed by atoms with Crippen molar-refractivity contribution in [1.82, 2.24) is 20.2 Å². The monoisotopic (exact) mass is 444 g/mol. The SMILES string of the molecule is Cc1[nH]nc2ccc(Sc3cnc(N4CCC5(CC4)CO[C@@H](C)[C@H]5N)cn3)c(Cl)c12. The second-order valence-electron chi connectivity index (χ2n) is 8.33. The summed E-state index contributed by atoms with van der Waals surface area (Å²) in [6.07, 6.45) is 5.86. The van der Waals surface area contributed by atoms with Gasteiger partial charge in [0.25, 0.3) is 0 Å². The van der Waals surface area contributed by atoms with Gasteiger partial charge in [-0.25, -0.2) is 9.97 Å². The third kappa shape index (κ3) is 3.36. The van der Waals surface area contributed by atoms with Crippen molar-refractivity contribution in [3.63, 3.8) is 0 Å². The summed E-state index contributed by atoms with van der Waals surface area (Å²) in [4.78, 5) is 12.5. The maximum absolute atomic E-state index is 6.61. The van der Waals surface area contributed by atoms with Crippen LogP contribution in [0.2, 0.25) is 5.02 Å². The standard InChI is InChI=1S/C21H25ClN6OS/c1-12-18-14(27-26-12)3-4-15(19(18)22)30-17-10-24-16(9-25-17)28-7-5-21(6-8-28)11-29-13(2)20(21)23/h3-4,9-10,13,20H,5-8,11,23H2,1-2H3,(H,26,27)/t13-,20+/m0/s1. The summed E-state index contributed by atoms with van der Waals surface area (Å²) in [5.41, 5.74) is 8.36. The van der Waals surface area contributed by atoms with Crippen molar-refractivity contribution < 1.29 is 4.74 Å². The number of hydrogen-bond donors (Lipinski definition) is 2. The summed E-state index contributed by atoms with van der Waals surface area (Å²) < 4.78 is 5.82. The highest BCUT2D eigenvalue weighted by atomic mass is 35.5. The van der Waals surface area contributed by atoms with Gasteiger partial charge in [0.2, 0.25) is 0 Å². The van der Waals surface area contributed by atoms with Crippen molar-refractivity contribution in [1.29, 1.82) is 0 Å². The van der Waals surface area contributed by atoms with E-state index < -0.39 is 0 Å². The van der Waals surface area contributed by atoms with Crippen LogP contribution in [0, 0.1) is 12.3 Å². The molecule has 158 valence electrons. The van der Waals surface area contributed by atoms with E-state index >= 15 is 0 Å². The van der Waals surface area contributed by atoms with Crippen LogP contribution in [-0.4, -0.2) is 52.0 Å². The molecule has 9 heteroatoms. The summed E-state index contributed by atoms with van der Waals surface area (Å²) in [7, 11) is 0. The fourth-order valence-electron chi connectivity index (χ4n) is 4.57. The van der Waals surface area contributed by atoms with Gasteiger partial charge >= 0.3 is 0 Å². The number of anilines is 1. The molecule has 5 rings (SSSR count). The van der Waals surface area contributed by atoms with E-state index in [-0.39, 0.29) is 17.6 Å². The molecule has 7 nitrogen and oxygen atoms in total. The van der Waals surface area contributed by atoms with Gasteiger partial charge in [0.05, 0.1) is 35.6 Å². The first-order valence-corrected chi connectivity index (χ1v) is 11.4. The number of piperidine rings is 1. The average Bonchev–Trinajstić information content (AvgIpc) is 3.27. The second-order valence-corrected chi connectivity index (χ2v) is 9.77. The highest BCUT2D eigenvalue weighted by Gasteiger charge is 2.47. The number of H-pyrrole nitrogens is 1. The molecule has 2 aliphatic heterocycles. The molecular weight excluding hydrogens is 420 g/mol. The summed E-state index contributed by atoms with van der Waals surface area (Å²) in [5.74, 6) is 0.905. The first-order valence-electron chi connectivity index (χ1n) is 10.2. The minimum atomic E-state index is 0.111. The Morgan fingerprint density at radius 1 is 1.27 bits per heavy atom. The highest BCUT2D eigenvalue weighted by Crippen LogP contribution is 2.42. The first-order chi connectivity index (χ1) is 14.5. The maximum atomic E-state index is 6.61. The lowest BCUT2D eigenvalue weighted by Crippen LogP contribution is -2.50. The summed E-state index contributed by atoms with van der Waals surface area (Å²) in [6.45, 7) is 6.66. The van der Waals surface area contributed by atoms with E-state index in [2.05, 4.69) is 32.0 Å². The van der Waals surface area contributed by atoms with Gasteiger partial charge in [-0.15, -0.1) is 0 Å². The molecule has 2 atom stereocenters. The smallest absolute Gasteiger partial charge is 0.147 e. The van der Waals surface area contributed by atoms with E-state index in [9.17, 15) is 0 Å². The topological polar surface area (TPSA) is 93.0 Å².